The molecule has 1 aromatic heterocycles. The van der Waals surface area contributed by atoms with E-state index in [4.69, 9.17) is 9.47 Å². The van der Waals surface area contributed by atoms with Gasteiger partial charge in [0.1, 0.15) is 17.1 Å². The number of benzene rings is 1. The van der Waals surface area contributed by atoms with Crippen molar-refractivity contribution in [3.63, 3.8) is 0 Å². The zero-order valence-corrected chi connectivity index (χ0v) is 16.4. The summed E-state index contributed by atoms with van der Waals surface area (Å²) in [5.41, 5.74) is 0.216. The molecule has 1 saturated heterocycles. The molecule has 8 heteroatoms. The number of methoxy groups -OCH3 is 1. The fourth-order valence-corrected chi connectivity index (χ4v) is 3.81. The SMILES string of the molecule is COc1ccc2c(c1)C(=O)NCC1(CCN(C(=O)c3ccc(=O)n(C)c3)CC1)O2. The van der Waals surface area contributed by atoms with Gasteiger partial charge in [0.15, 0.2) is 0 Å². The number of piperidine rings is 1. The van der Waals surface area contributed by atoms with E-state index < -0.39 is 5.60 Å². The van der Waals surface area contributed by atoms with Crippen LogP contribution in [0.25, 0.3) is 0 Å². The number of fused-ring (bicyclic) bond motifs is 1. The molecule has 1 aromatic carbocycles. The molecule has 2 aromatic rings. The van der Waals surface area contributed by atoms with Crippen LogP contribution in [0.5, 0.6) is 11.5 Å². The summed E-state index contributed by atoms with van der Waals surface area (Å²) in [6.07, 6.45) is 2.74. The summed E-state index contributed by atoms with van der Waals surface area (Å²) in [7, 11) is 3.18. The van der Waals surface area contributed by atoms with Crippen molar-refractivity contribution in [3.05, 3.63) is 58.0 Å². The Bertz CT molecular complexity index is 1020. The van der Waals surface area contributed by atoms with Crippen molar-refractivity contribution in [2.45, 2.75) is 18.4 Å². The molecule has 0 saturated carbocycles. The maximum atomic E-state index is 12.8. The molecule has 2 aliphatic heterocycles. The highest BCUT2D eigenvalue weighted by atomic mass is 16.5. The van der Waals surface area contributed by atoms with Gasteiger partial charge in [-0.1, -0.05) is 0 Å². The lowest BCUT2D eigenvalue weighted by atomic mass is 9.90. The molecule has 0 aliphatic carbocycles. The smallest absolute Gasteiger partial charge is 0.255 e. The number of nitrogens with one attached hydrogen (secondary N) is 1. The van der Waals surface area contributed by atoms with E-state index in [1.54, 1.807) is 49.5 Å². The second-order valence-electron chi connectivity index (χ2n) is 7.49. The molecule has 2 aliphatic rings. The van der Waals surface area contributed by atoms with Gasteiger partial charge in [-0.05, 0) is 24.3 Å². The number of nitrogens with zero attached hydrogens (tertiary/aromatic N) is 2. The number of likely N-dealkylation sites (tertiary alicyclic amines) is 1. The minimum absolute atomic E-state index is 0.113. The van der Waals surface area contributed by atoms with Crippen molar-refractivity contribution in [3.8, 4) is 11.5 Å². The fraction of sp³-hybridized carbons (Fsp3) is 0.381. The van der Waals surface area contributed by atoms with Crippen molar-refractivity contribution in [1.82, 2.24) is 14.8 Å². The molecule has 8 nitrogen and oxygen atoms in total. The van der Waals surface area contributed by atoms with Gasteiger partial charge >= 0.3 is 0 Å². The van der Waals surface area contributed by atoms with E-state index in [0.717, 1.165) is 0 Å². The zero-order chi connectivity index (χ0) is 20.6. The van der Waals surface area contributed by atoms with Crippen molar-refractivity contribution >= 4 is 11.8 Å². The Labute approximate surface area is 168 Å². The lowest BCUT2D eigenvalue weighted by molar-refractivity contribution is 0.00766. The lowest BCUT2D eigenvalue weighted by Gasteiger charge is -2.41. The average Bonchev–Trinajstić information content (AvgIpc) is 2.87. The maximum absolute atomic E-state index is 12.8. The number of carbonyl (C=O) groups is 2. The molecule has 1 spiro atoms. The van der Waals surface area contributed by atoms with Crippen LogP contribution in [-0.2, 0) is 7.05 Å². The minimum Gasteiger partial charge on any atom is -0.497 e. The Hall–Kier alpha value is -3.29. The van der Waals surface area contributed by atoms with Crippen LogP contribution in [0.15, 0.2) is 41.3 Å². The lowest BCUT2D eigenvalue weighted by Crippen LogP contribution is -2.54. The molecule has 1 N–H and O–H groups in total. The van der Waals surface area contributed by atoms with Gasteiger partial charge in [-0.2, -0.15) is 0 Å². The van der Waals surface area contributed by atoms with Gasteiger partial charge < -0.3 is 24.3 Å². The first-order chi connectivity index (χ1) is 13.9. The van der Waals surface area contributed by atoms with Gasteiger partial charge in [-0.25, -0.2) is 0 Å². The van der Waals surface area contributed by atoms with Crippen LogP contribution in [-0.4, -0.2) is 53.6 Å². The summed E-state index contributed by atoms with van der Waals surface area (Å²) in [5, 5.41) is 2.94. The standard InChI is InChI=1S/C21H23N3O5/c1-23-12-14(3-6-18(23)25)20(27)24-9-7-21(8-10-24)13-22-19(26)16-11-15(28-2)4-5-17(16)29-21/h3-6,11-12H,7-10,13H2,1-2H3,(H,22,26). The number of ether oxygens (including phenoxy) is 2. The van der Waals surface area contributed by atoms with E-state index in [2.05, 4.69) is 5.32 Å². The van der Waals surface area contributed by atoms with Crippen LogP contribution < -0.4 is 20.3 Å². The summed E-state index contributed by atoms with van der Waals surface area (Å²) in [6, 6.07) is 8.14. The number of aromatic nitrogens is 1. The second kappa shape index (κ2) is 7.27. The zero-order valence-electron chi connectivity index (χ0n) is 16.4. The first kappa shape index (κ1) is 19.0. The molecule has 0 bridgehead atoms. The van der Waals surface area contributed by atoms with Crippen molar-refractivity contribution in [2.75, 3.05) is 26.7 Å². The third kappa shape index (κ3) is 3.57. The normalized spacial score (nSPS) is 17.7. The topological polar surface area (TPSA) is 89.9 Å². The minimum atomic E-state index is -0.560. The van der Waals surface area contributed by atoms with E-state index in [1.807, 2.05) is 0 Å². The predicted molar refractivity (Wildman–Crippen MR) is 106 cm³/mol. The predicted octanol–water partition coefficient (Wildman–Crippen LogP) is 1.19. The first-order valence-electron chi connectivity index (χ1n) is 9.52. The number of aryl methyl sites for hydroxylation is 1. The molecular weight excluding hydrogens is 374 g/mol. The summed E-state index contributed by atoms with van der Waals surface area (Å²) in [6.45, 7) is 1.39. The Kier molecular flexibility index (Phi) is 4.77. The number of rotatable bonds is 2. The molecule has 3 heterocycles. The highest BCUT2D eigenvalue weighted by molar-refractivity contribution is 5.98. The van der Waals surface area contributed by atoms with Gasteiger partial charge in [0.2, 0.25) is 5.56 Å². The van der Waals surface area contributed by atoms with Crippen LogP contribution in [0, 0.1) is 0 Å². The van der Waals surface area contributed by atoms with E-state index in [1.165, 1.54) is 10.6 Å². The molecular formula is C21H23N3O5. The summed E-state index contributed by atoms with van der Waals surface area (Å²) < 4.78 is 12.9. The quantitative estimate of drug-likeness (QED) is 0.822. The fourth-order valence-electron chi connectivity index (χ4n) is 3.81. The van der Waals surface area contributed by atoms with Gasteiger partial charge in [-0.3, -0.25) is 14.4 Å². The van der Waals surface area contributed by atoms with Crippen LogP contribution in [0.3, 0.4) is 0 Å². The molecule has 152 valence electrons. The second-order valence-corrected chi connectivity index (χ2v) is 7.49. The van der Waals surface area contributed by atoms with Crippen LogP contribution in [0.4, 0.5) is 0 Å². The molecule has 4 rings (SSSR count). The number of hydrogen-bond donors (Lipinski definition) is 1. The molecule has 0 radical (unpaired) electrons. The molecule has 29 heavy (non-hydrogen) atoms. The van der Waals surface area contributed by atoms with Gasteiger partial charge in [0, 0.05) is 45.2 Å². The molecule has 0 atom stereocenters. The third-order valence-corrected chi connectivity index (χ3v) is 5.62. The monoisotopic (exact) mass is 397 g/mol. The molecule has 1 fully saturated rings. The van der Waals surface area contributed by atoms with E-state index in [9.17, 15) is 14.4 Å². The van der Waals surface area contributed by atoms with Crippen molar-refractivity contribution in [2.24, 2.45) is 7.05 Å². The first-order valence-corrected chi connectivity index (χ1v) is 9.52. The van der Waals surface area contributed by atoms with Crippen LogP contribution in [0.1, 0.15) is 33.6 Å². The summed E-state index contributed by atoms with van der Waals surface area (Å²) in [5.74, 6) is 0.812. The van der Waals surface area contributed by atoms with E-state index in [0.29, 0.717) is 55.1 Å². The van der Waals surface area contributed by atoms with Gasteiger partial charge in [0.05, 0.1) is 24.8 Å². The Balaban J connectivity index is 1.50. The number of pyridine rings is 1. The highest BCUT2D eigenvalue weighted by Gasteiger charge is 2.41. The Morgan fingerprint density at radius 3 is 2.62 bits per heavy atom. The molecule has 2 amide bonds. The van der Waals surface area contributed by atoms with Crippen molar-refractivity contribution in [1.29, 1.82) is 0 Å². The van der Waals surface area contributed by atoms with Crippen LogP contribution >= 0.6 is 0 Å². The largest absolute Gasteiger partial charge is 0.497 e. The summed E-state index contributed by atoms with van der Waals surface area (Å²) in [4.78, 5) is 38.6. The Morgan fingerprint density at radius 1 is 1.17 bits per heavy atom. The summed E-state index contributed by atoms with van der Waals surface area (Å²) >= 11 is 0. The third-order valence-electron chi connectivity index (χ3n) is 5.62. The highest BCUT2D eigenvalue weighted by Crippen LogP contribution is 2.34. The number of amides is 2. The van der Waals surface area contributed by atoms with Gasteiger partial charge in [-0.15, -0.1) is 0 Å². The van der Waals surface area contributed by atoms with E-state index in [-0.39, 0.29) is 17.4 Å². The van der Waals surface area contributed by atoms with Gasteiger partial charge in [0.25, 0.3) is 11.8 Å². The van der Waals surface area contributed by atoms with Crippen LogP contribution in [0.2, 0.25) is 0 Å². The number of carbonyl (C=O) groups excluding carboxylic acids is 2. The average molecular weight is 397 g/mol. The Morgan fingerprint density at radius 2 is 1.93 bits per heavy atom. The molecule has 0 unspecified atom stereocenters. The number of hydrogen-bond acceptors (Lipinski definition) is 5. The van der Waals surface area contributed by atoms with Crippen molar-refractivity contribution < 1.29 is 19.1 Å². The maximum Gasteiger partial charge on any atom is 0.255 e. The van der Waals surface area contributed by atoms with E-state index >= 15 is 0 Å².